The van der Waals surface area contributed by atoms with Crippen LogP contribution < -0.4 is 4.90 Å². The van der Waals surface area contributed by atoms with Crippen molar-refractivity contribution in [2.24, 2.45) is 0 Å². The molecule has 2 amide bonds. The van der Waals surface area contributed by atoms with E-state index in [1.807, 2.05) is 20.8 Å². The van der Waals surface area contributed by atoms with Crippen LogP contribution in [0.1, 0.15) is 45.2 Å². The van der Waals surface area contributed by atoms with Gasteiger partial charge < -0.3 is 14.4 Å². The highest BCUT2D eigenvalue weighted by Gasteiger charge is 2.30. The number of cyclic esters (lactones) is 1. The van der Waals surface area contributed by atoms with E-state index < -0.39 is 11.7 Å². The van der Waals surface area contributed by atoms with Crippen LogP contribution in [0.5, 0.6) is 0 Å². The van der Waals surface area contributed by atoms with E-state index in [-0.39, 0.29) is 12.0 Å². The number of ether oxygens (including phenoxy) is 2. The average Bonchev–Trinajstić information content (AvgIpc) is 3.00. The molecule has 3 heterocycles. The van der Waals surface area contributed by atoms with Gasteiger partial charge in [0.1, 0.15) is 12.2 Å². The lowest BCUT2D eigenvalue weighted by molar-refractivity contribution is 0.0197. The number of piperidine rings is 1. The molecule has 1 aromatic heterocycles. The lowest BCUT2D eigenvalue weighted by atomic mass is 9.95. The largest absolute Gasteiger partial charge is 0.447 e. The summed E-state index contributed by atoms with van der Waals surface area (Å²) in [5, 5.41) is 0. The van der Waals surface area contributed by atoms with Gasteiger partial charge in [-0.1, -0.05) is 0 Å². The first-order valence-corrected chi connectivity index (χ1v) is 8.57. The molecule has 8 nitrogen and oxygen atoms in total. The maximum absolute atomic E-state index is 12.3. The lowest BCUT2D eigenvalue weighted by Gasteiger charge is -2.33. The molecular formula is C17H24N4O4. The first-order chi connectivity index (χ1) is 11.8. The van der Waals surface area contributed by atoms with Crippen LogP contribution in [0.4, 0.5) is 15.4 Å². The fourth-order valence-corrected chi connectivity index (χ4v) is 2.99. The fraction of sp³-hybridized carbons (Fsp3) is 0.647. The molecular weight excluding hydrogens is 324 g/mol. The lowest BCUT2D eigenvalue weighted by Crippen LogP contribution is -2.42. The maximum Gasteiger partial charge on any atom is 0.415 e. The maximum atomic E-state index is 12.3. The zero-order valence-electron chi connectivity index (χ0n) is 14.9. The minimum absolute atomic E-state index is 0.119. The second-order valence-corrected chi connectivity index (χ2v) is 7.33. The van der Waals surface area contributed by atoms with Gasteiger partial charge in [0.05, 0.1) is 24.6 Å². The summed E-state index contributed by atoms with van der Waals surface area (Å²) >= 11 is 0. The van der Waals surface area contributed by atoms with Crippen molar-refractivity contribution >= 4 is 18.0 Å². The molecule has 2 saturated heterocycles. The Hall–Kier alpha value is -2.38. The number of amides is 2. The van der Waals surface area contributed by atoms with E-state index in [1.165, 1.54) is 4.90 Å². The summed E-state index contributed by atoms with van der Waals surface area (Å²) in [7, 11) is 0. The van der Waals surface area contributed by atoms with Crippen molar-refractivity contribution in [3.8, 4) is 0 Å². The van der Waals surface area contributed by atoms with Crippen LogP contribution in [0.25, 0.3) is 0 Å². The van der Waals surface area contributed by atoms with Crippen molar-refractivity contribution in [3.05, 3.63) is 18.1 Å². The molecule has 1 atom stereocenters. The molecule has 0 N–H and O–H groups in total. The van der Waals surface area contributed by atoms with Gasteiger partial charge in [-0.05, 0) is 33.6 Å². The Kier molecular flexibility index (Phi) is 4.78. The van der Waals surface area contributed by atoms with Crippen molar-refractivity contribution in [1.82, 2.24) is 14.9 Å². The highest BCUT2D eigenvalue weighted by molar-refractivity contribution is 5.87. The van der Waals surface area contributed by atoms with E-state index in [2.05, 4.69) is 9.97 Å². The first-order valence-electron chi connectivity index (χ1n) is 8.57. The molecule has 2 fully saturated rings. The van der Waals surface area contributed by atoms with Gasteiger partial charge in [0.15, 0.2) is 5.82 Å². The molecule has 136 valence electrons. The van der Waals surface area contributed by atoms with Crippen LogP contribution in [0.15, 0.2) is 12.4 Å². The van der Waals surface area contributed by atoms with Gasteiger partial charge in [0, 0.05) is 19.0 Å². The van der Waals surface area contributed by atoms with Crippen LogP contribution in [0.3, 0.4) is 0 Å². The number of anilines is 1. The van der Waals surface area contributed by atoms with E-state index in [0.717, 1.165) is 18.5 Å². The third kappa shape index (κ3) is 4.18. The highest BCUT2D eigenvalue weighted by Crippen LogP contribution is 2.27. The molecule has 2 aliphatic heterocycles. The number of carbonyl (C=O) groups excluding carboxylic acids is 2. The summed E-state index contributed by atoms with van der Waals surface area (Å²) in [5.74, 6) is 0.611. The average molecular weight is 348 g/mol. The predicted octanol–water partition coefficient (Wildman–Crippen LogP) is 2.55. The molecule has 0 aliphatic carbocycles. The van der Waals surface area contributed by atoms with Gasteiger partial charge in [-0.15, -0.1) is 0 Å². The number of rotatable bonds is 2. The highest BCUT2D eigenvalue weighted by atomic mass is 16.6. The summed E-state index contributed by atoms with van der Waals surface area (Å²) in [4.78, 5) is 35.8. The van der Waals surface area contributed by atoms with E-state index in [0.29, 0.717) is 32.1 Å². The topological polar surface area (TPSA) is 84.9 Å². The molecule has 3 rings (SSSR count). The molecule has 0 bridgehead atoms. The zero-order valence-corrected chi connectivity index (χ0v) is 14.9. The van der Waals surface area contributed by atoms with E-state index in [1.54, 1.807) is 17.3 Å². The monoisotopic (exact) mass is 348 g/mol. The zero-order chi connectivity index (χ0) is 18.0. The van der Waals surface area contributed by atoms with E-state index in [9.17, 15) is 9.59 Å². The van der Waals surface area contributed by atoms with Gasteiger partial charge in [-0.3, -0.25) is 9.88 Å². The fourth-order valence-electron chi connectivity index (χ4n) is 2.99. The van der Waals surface area contributed by atoms with Crippen molar-refractivity contribution < 1.29 is 19.1 Å². The molecule has 0 spiro atoms. The second-order valence-electron chi connectivity index (χ2n) is 7.33. The third-order valence-electron chi connectivity index (χ3n) is 4.19. The molecule has 8 heteroatoms. The van der Waals surface area contributed by atoms with Crippen LogP contribution >= 0.6 is 0 Å². The summed E-state index contributed by atoms with van der Waals surface area (Å²) in [5.41, 5.74) is 0.320. The Labute approximate surface area is 147 Å². The molecule has 0 radical (unpaired) electrons. The van der Waals surface area contributed by atoms with Gasteiger partial charge in [0.25, 0.3) is 0 Å². The minimum Gasteiger partial charge on any atom is -0.447 e. The number of likely N-dealkylation sites (tertiary alicyclic amines) is 1. The summed E-state index contributed by atoms with van der Waals surface area (Å²) in [6.45, 7) is 7.70. The normalized spacial score (nSPS) is 21.2. The Morgan fingerprint density at radius 1 is 1.28 bits per heavy atom. The van der Waals surface area contributed by atoms with Crippen LogP contribution in [0, 0.1) is 0 Å². The predicted molar refractivity (Wildman–Crippen MR) is 90.5 cm³/mol. The molecule has 1 aromatic rings. The van der Waals surface area contributed by atoms with Crippen molar-refractivity contribution in [2.45, 2.75) is 45.1 Å². The van der Waals surface area contributed by atoms with E-state index >= 15 is 0 Å². The second kappa shape index (κ2) is 6.85. The minimum atomic E-state index is -0.504. The number of carbonyl (C=O) groups is 2. The third-order valence-corrected chi connectivity index (χ3v) is 4.19. The Balaban J connectivity index is 1.65. The molecule has 2 aliphatic rings. The smallest absolute Gasteiger partial charge is 0.415 e. The number of nitrogens with zero attached hydrogens (tertiary/aromatic N) is 4. The van der Waals surface area contributed by atoms with Crippen LogP contribution in [-0.4, -0.2) is 58.9 Å². The Morgan fingerprint density at radius 2 is 2.08 bits per heavy atom. The van der Waals surface area contributed by atoms with Gasteiger partial charge in [0.2, 0.25) is 0 Å². The van der Waals surface area contributed by atoms with Crippen LogP contribution in [0.2, 0.25) is 0 Å². The molecule has 25 heavy (non-hydrogen) atoms. The summed E-state index contributed by atoms with van der Waals surface area (Å²) in [6.07, 6.45) is 4.43. The first kappa shape index (κ1) is 17.4. The number of hydrogen-bond acceptors (Lipinski definition) is 6. The Bertz CT molecular complexity index is 641. The summed E-state index contributed by atoms with van der Waals surface area (Å²) < 4.78 is 10.4. The quantitative estimate of drug-likeness (QED) is 0.816. The van der Waals surface area contributed by atoms with Crippen molar-refractivity contribution in [1.29, 1.82) is 0 Å². The van der Waals surface area contributed by atoms with Gasteiger partial charge in [-0.2, -0.15) is 0 Å². The van der Waals surface area contributed by atoms with Gasteiger partial charge in [-0.25, -0.2) is 14.6 Å². The molecule has 0 aromatic carbocycles. The Morgan fingerprint density at radius 3 is 2.68 bits per heavy atom. The number of hydrogen-bond donors (Lipinski definition) is 0. The number of aromatic nitrogens is 2. The van der Waals surface area contributed by atoms with E-state index in [4.69, 9.17) is 9.47 Å². The molecule has 0 unspecified atom stereocenters. The van der Waals surface area contributed by atoms with Crippen LogP contribution in [-0.2, 0) is 9.47 Å². The van der Waals surface area contributed by atoms with Crippen molar-refractivity contribution in [3.63, 3.8) is 0 Å². The van der Waals surface area contributed by atoms with Crippen molar-refractivity contribution in [2.75, 3.05) is 31.1 Å². The summed E-state index contributed by atoms with van der Waals surface area (Å²) in [6, 6.07) is 0. The molecule has 0 saturated carbocycles. The standard InChI is InChI=1S/C17H24N4O4/c1-17(2,3)25-15(22)20-6-4-5-12(11-20)13-9-19-14(10-18-13)21-7-8-24-16(21)23/h9-10,12H,4-8,11H2,1-3H3/t12-/m1/s1. The van der Waals surface area contributed by atoms with Gasteiger partial charge >= 0.3 is 12.2 Å². The SMILES string of the molecule is CC(C)(C)OC(=O)N1CCC[C@@H](c2cnc(N3CCOC3=O)cn2)C1.